The minimum Gasteiger partial charge on any atom is -0.507 e. The van der Waals surface area contributed by atoms with Gasteiger partial charge in [0.25, 0.3) is 0 Å². The zero-order valence-corrected chi connectivity index (χ0v) is 14.5. The topological polar surface area (TPSA) is 46.5 Å². The molecule has 0 bridgehead atoms. The Morgan fingerprint density at radius 3 is 2.50 bits per heavy atom. The zero-order chi connectivity index (χ0) is 16.5. The van der Waals surface area contributed by atoms with Gasteiger partial charge in [0, 0.05) is 13.0 Å². The molecule has 1 saturated heterocycles. The van der Waals surface area contributed by atoms with E-state index < -0.39 is 0 Å². The lowest BCUT2D eigenvalue weighted by molar-refractivity contribution is -0.115. The number of rotatable bonds is 9. The van der Waals surface area contributed by atoms with Gasteiger partial charge in [0.1, 0.15) is 5.76 Å². The number of ketones is 1. The molecule has 0 aliphatic carbocycles. The number of carbonyl (C=O) groups is 1. The van der Waals surface area contributed by atoms with E-state index in [0.717, 1.165) is 50.7 Å². The van der Waals surface area contributed by atoms with Gasteiger partial charge in [-0.15, -0.1) is 0 Å². The predicted octanol–water partition coefficient (Wildman–Crippen LogP) is 5.12. The Morgan fingerprint density at radius 1 is 1.27 bits per heavy atom. The lowest BCUT2D eigenvalue weighted by Gasteiger charge is -2.29. The molecule has 0 aromatic rings. The molecule has 1 aliphatic heterocycles. The Bertz CT molecular complexity index is 403. The third-order valence-corrected chi connectivity index (χ3v) is 4.58. The molecule has 22 heavy (non-hydrogen) atoms. The molecule has 3 heteroatoms. The molecule has 126 valence electrons. The molecule has 1 aliphatic rings. The molecule has 2 atom stereocenters. The minimum absolute atomic E-state index is 0.0763. The number of hydrogen-bond donors (Lipinski definition) is 1. The second kappa shape index (κ2) is 9.83. The van der Waals surface area contributed by atoms with Crippen molar-refractivity contribution in [3.05, 3.63) is 23.5 Å². The quantitative estimate of drug-likeness (QED) is 0.365. The Kier molecular flexibility index (Phi) is 8.47. The van der Waals surface area contributed by atoms with Gasteiger partial charge >= 0.3 is 0 Å². The van der Waals surface area contributed by atoms with Crippen molar-refractivity contribution in [3.63, 3.8) is 0 Å². The lowest BCUT2D eigenvalue weighted by Crippen LogP contribution is -2.24. The summed E-state index contributed by atoms with van der Waals surface area (Å²) in [5.74, 6) is 0.329. The van der Waals surface area contributed by atoms with E-state index in [1.165, 1.54) is 6.42 Å². The maximum absolute atomic E-state index is 11.8. The summed E-state index contributed by atoms with van der Waals surface area (Å²) in [5.41, 5.74) is 1.24. The van der Waals surface area contributed by atoms with Crippen molar-refractivity contribution in [2.24, 2.45) is 5.92 Å². The second-order valence-corrected chi connectivity index (χ2v) is 6.19. The summed E-state index contributed by atoms with van der Waals surface area (Å²) in [6.45, 7) is 10.6. The van der Waals surface area contributed by atoms with Crippen LogP contribution in [-0.4, -0.2) is 23.6 Å². The highest BCUT2D eigenvalue weighted by atomic mass is 16.5. The summed E-state index contributed by atoms with van der Waals surface area (Å²) in [5, 5.41) is 10.5. The van der Waals surface area contributed by atoms with E-state index in [1.807, 2.05) is 6.92 Å². The highest BCUT2D eigenvalue weighted by molar-refractivity contribution is 5.98. The van der Waals surface area contributed by atoms with E-state index in [0.29, 0.717) is 6.42 Å². The molecule has 0 amide bonds. The van der Waals surface area contributed by atoms with Crippen LogP contribution in [0.5, 0.6) is 0 Å². The molecule has 1 rings (SSSR count). The molecule has 3 nitrogen and oxygen atoms in total. The van der Waals surface area contributed by atoms with E-state index in [-0.39, 0.29) is 29.1 Å². The van der Waals surface area contributed by atoms with Crippen molar-refractivity contribution < 1.29 is 14.6 Å². The van der Waals surface area contributed by atoms with E-state index in [4.69, 9.17) is 4.74 Å². The largest absolute Gasteiger partial charge is 0.507 e. The minimum atomic E-state index is -0.0763. The van der Waals surface area contributed by atoms with Crippen LogP contribution in [0.3, 0.4) is 0 Å². The van der Waals surface area contributed by atoms with Gasteiger partial charge in [0.2, 0.25) is 0 Å². The normalized spacial score (nSPS) is 21.1. The number of Topliss-reactive ketones (excluding diaryl/α,β-unsaturated/α-hetero) is 1. The first kappa shape index (κ1) is 19.0. The molecular weight excluding hydrogens is 276 g/mol. The maximum Gasteiger partial charge on any atom is 0.165 e. The summed E-state index contributed by atoms with van der Waals surface area (Å²) in [4.78, 5) is 11.8. The first-order valence-electron chi connectivity index (χ1n) is 8.81. The average Bonchev–Trinajstić information content (AvgIpc) is 2.55. The lowest BCUT2D eigenvalue weighted by atomic mass is 9.84. The Labute approximate surface area is 135 Å². The monoisotopic (exact) mass is 308 g/mol. The SMILES string of the molecule is C=C(C(=O)CC)/C(O)=C(\CC)[C@H](CCC)C[C@H]1CCCCO1. The van der Waals surface area contributed by atoms with E-state index in [1.54, 1.807) is 6.92 Å². The fraction of sp³-hybridized carbons (Fsp3) is 0.737. The van der Waals surface area contributed by atoms with Crippen LogP contribution >= 0.6 is 0 Å². The summed E-state index contributed by atoms with van der Waals surface area (Å²) in [6.07, 6.45) is 7.91. The van der Waals surface area contributed by atoms with E-state index in [9.17, 15) is 9.90 Å². The molecule has 0 saturated carbocycles. The number of aliphatic hydroxyl groups excluding tert-OH is 1. The van der Waals surface area contributed by atoms with Crippen LogP contribution in [0.25, 0.3) is 0 Å². The molecule has 0 unspecified atom stereocenters. The van der Waals surface area contributed by atoms with Crippen LogP contribution in [-0.2, 0) is 9.53 Å². The first-order valence-corrected chi connectivity index (χ1v) is 8.81. The van der Waals surface area contributed by atoms with E-state index in [2.05, 4.69) is 13.5 Å². The highest BCUT2D eigenvalue weighted by Gasteiger charge is 2.25. The molecule has 0 aromatic carbocycles. The fourth-order valence-electron chi connectivity index (χ4n) is 3.28. The van der Waals surface area contributed by atoms with Gasteiger partial charge in [-0.05, 0) is 50.0 Å². The van der Waals surface area contributed by atoms with Gasteiger partial charge in [0.05, 0.1) is 11.7 Å². The Balaban J connectivity index is 2.92. The van der Waals surface area contributed by atoms with Gasteiger partial charge in [-0.1, -0.05) is 33.8 Å². The first-order chi connectivity index (χ1) is 10.5. The maximum atomic E-state index is 11.8. The van der Waals surface area contributed by atoms with Crippen LogP contribution in [0.1, 0.15) is 72.1 Å². The molecule has 1 N–H and O–H groups in total. The van der Waals surface area contributed by atoms with Crippen LogP contribution < -0.4 is 0 Å². The molecular formula is C19H32O3. The number of ether oxygens (including phenoxy) is 1. The highest BCUT2D eigenvalue weighted by Crippen LogP contribution is 2.32. The third kappa shape index (κ3) is 5.28. The number of aliphatic hydroxyl groups is 1. The van der Waals surface area contributed by atoms with Crippen molar-refractivity contribution in [1.82, 2.24) is 0 Å². The van der Waals surface area contributed by atoms with Crippen molar-refractivity contribution in [3.8, 4) is 0 Å². The summed E-state index contributed by atoms with van der Waals surface area (Å²) >= 11 is 0. The van der Waals surface area contributed by atoms with Gasteiger partial charge < -0.3 is 9.84 Å². The van der Waals surface area contributed by atoms with Gasteiger partial charge in [0.15, 0.2) is 5.78 Å². The Hall–Kier alpha value is -1.09. The summed E-state index contributed by atoms with van der Waals surface area (Å²) < 4.78 is 5.86. The standard InChI is InChI=1S/C19H32O3/c1-5-10-15(13-16-11-8-9-12-22-16)17(6-2)19(21)14(4)18(20)7-3/h15-16,21H,4-13H2,1-3H3/b19-17-/t15-,16-/m1/s1. The molecule has 0 radical (unpaired) electrons. The molecule has 0 aromatic heterocycles. The summed E-state index contributed by atoms with van der Waals surface area (Å²) in [7, 11) is 0. The fourth-order valence-corrected chi connectivity index (χ4v) is 3.28. The zero-order valence-electron chi connectivity index (χ0n) is 14.5. The van der Waals surface area contributed by atoms with Crippen molar-refractivity contribution in [1.29, 1.82) is 0 Å². The molecule has 0 spiro atoms. The number of carbonyl (C=O) groups excluding carboxylic acids is 1. The summed E-state index contributed by atoms with van der Waals surface area (Å²) in [6, 6.07) is 0. The van der Waals surface area contributed by atoms with Crippen molar-refractivity contribution in [2.75, 3.05) is 6.61 Å². The average molecular weight is 308 g/mol. The van der Waals surface area contributed by atoms with Crippen LogP contribution in [0.15, 0.2) is 23.5 Å². The molecule has 1 heterocycles. The smallest absolute Gasteiger partial charge is 0.165 e. The predicted molar refractivity (Wildman–Crippen MR) is 91.0 cm³/mol. The Morgan fingerprint density at radius 2 is 2.00 bits per heavy atom. The van der Waals surface area contributed by atoms with Crippen molar-refractivity contribution in [2.45, 2.75) is 78.2 Å². The van der Waals surface area contributed by atoms with Crippen LogP contribution in [0.2, 0.25) is 0 Å². The number of allylic oxidation sites excluding steroid dienone is 2. The second-order valence-electron chi connectivity index (χ2n) is 6.19. The van der Waals surface area contributed by atoms with E-state index >= 15 is 0 Å². The number of hydrogen-bond acceptors (Lipinski definition) is 3. The van der Waals surface area contributed by atoms with Crippen LogP contribution in [0.4, 0.5) is 0 Å². The van der Waals surface area contributed by atoms with Gasteiger partial charge in [-0.25, -0.2) is 0 Å². The van der Waals surface area contributed by atoms with Crippen molar-refractivity contribution >= 4 is 5.78 Å². The van der Waals surface area contributed by atoms with Gasteiger partial charge in [-0.2, -0.15) is 0 Å². The van der Waals surface area contributed by atoms with Gasteiger partial charge in [-0.3, -0.25) is 4.79 Å². The third-order valence-electron chi connectivity index (χ3n) is 4.58. The molecule has 1 fully saturated rings. The van der Waals surface area contributed by atoms with Crippen LogP contribution in [0, 0.1) is 5.92 Å².